The number of hydrogen-bond donors (Lipinski definition) is 1. The summed E-state index contributed by atoms with van der Waals surface area (Å²) in [6, 6.07) is 1.80. The number of nitrogens with zero attached hydrogens (tertiary/aromatic N) is 2. The van der Waals surface area contributed by atoms with E-state index >= 15 is 0 Å². The van der Waals surface area contributed by atoms with Gasteiger partial charge in [-0.1, -0.05) is 13.3 Å². The summed E-state index contributed by atoms with van der Waals surface area (Å²) < 4.78 is 5.44. The number of rotatable bonds is 6. The molecule has 1 aromatic rings. The highest BCUT2D eigenvalue weighted by atomic mass is 16.3. The number of hydrogen-bond acceptors (Lipinski definition) is 4. The first-order chi connectivity index (χ1) is 11.0. The van der Waals surface area contributed by atoms with E-state index < -0.39 is 0 Å². The number of piperazine rings is 1. The lowest BCUT2D eigenvalue weighted by Crippen LogP contribution is -2.51. The van der Waals surface area contributed by atoms with Crippen LogP contribution in [0.3, 0.4) is 0 Å². The highest BCUT2D eigenvalue weighted by Gasteiger charge is 2.25. The average molecular weight is 321 g/mol. The van der Waals surface area contributed by atoms with E-state index in [0.29, 0.717) is 31.0 Å². The summed E-state index contributed by atoms with van der Waals surface area (Å²) in [6.07, 6.45) is 2.09. The van der Waals surface area contributed by atoms with Gasteiger partial charge in [0, 0.05) is 32.7 Å². The van der Waals surface area contributed by atoms with Crippen molar-refractivity contribution in [1.29, 1.82) is 0 Å². The van der Waals surface area contributed by atoms with Crippen molar-refractivity contribution < 1.29 is 14.0 Å². The van der Waals surface area contributed by atoms with Crippen LogP contribution in [0.1, 0.15) is 41.6 Å². The summed E-state index contributed by atoms with van der Waals surface area (Å²) in [7, 11) is 0. The van der Waals surface area contributed by atoms with Crippen LogP contribution in [0.15, 0.2) is 10.5 Å². The third-order valence-corrected chi connectivity index (χ3v) is 4.15. The minimum atomic E-state index is 0.0198. The molecule has 128 valence electrons. The Labute approximate surface area is 137 Å². The smallest absolute Gasteiger partial charge is 0.257 e. The van der Waals surface area contributed by atoms with E-state index in [1.54, 1.807) is 6.07 Å². The van der Waals surface area contributed by atoms with E-state index in [9.17, 15) is 9.59 Å². The van der Waals surface area contributed by atoms with Crippen molar-refractivity contribution in [2.24, 2.45) is 0 Å². The van der Waals surface area contributed by atoms with Crippen molar-refractivity contribution in [2.45, 2.75) is 33.6 Å². The minimum absolute atomic E-state index is 0.0198. The monoisotopic (exact) mass is 321 g/mol. The Morgan fingerprint density at radius 1 is 1.22 bits per heavy atom. The first-order valence-corrected chi connectivity index (χ1v) is 8.36. The lowest BCUT2D eigenvalue weighted by molar-refractivity contribution is -0.122. The van der Waals surface area contributed by atoms with Crippen molar-refractivity contribution in [3.05, 3.63) is 23.2 Å². The molecule has 0 aliphatic carbocycles. The van der Waals surface area contributed by atoms with E-state index in [-0.39, 0.29) is 11.8 Å². The first-order valence-electron chi connectivity index (χ1n) is 8.36. The molecular weight excluding hydrogens is 294 g/mol. The summed E-state index contributed by atoms with van der Waals surface area (Å²) in [5.74, 6) is 1.52. The Hall–Kier alpha value is -1.82. The maximum atomic E-state index is 12.5. The Bertz CT molecular complexity index is 545. The average Bonchev–Trinajstić information content (AvgIpc) is 2.86. The zero-order valence-electron chi connectivity index (χ0n) is 14.4. The second-order valence-electron chi connectivity index (χ2n) is 6.10. The summed E-state index contributed by atoms with van der Waals surface area (Å²) in [5.41, 5.74) is 0.647. The second-order valence-corrected chi connectivity index (χ2v) is 6.10. The topological polar surface area (TPSA) is 65.8 Å². The maximum Gasteiger partial charge on any atom is 0.257 e. The number of amides is 2. The number of furan rings is 1. The molecule has 0 radical (unpaired) electrons. The van der Waals surface area contributed by atoms with Crippen LogP contribution in [0.25, 0.3) is 0 Å². The molecule has 0 aromatic carbocycles. The molecule has 6 nitrogen and oxygen atoms in total. The summed E-state index contributed by atoms with van der Waals surface area (Å²) >= 11 is 0. The van der Waals surface area contributed by atoms with E-state index in [0.717, 1.165) is 38.2 Å². The highest BCUT2D eigenvalue weighted by molar-refractivity contribution is 5.95. The van der Waals surface area contributed by atoms with Crippen molar-refractivity contribution >= 4 is 11.8 Å². The third kappa shape index (κ3) is 4.82. The van der Waals surface area contributed by atoms with Crippen LogP contribution in [0.5, 0.6) is 0 Å². The maximum absolute atomic E-state index is 12.5. The lowest BCUT2D eigenvalue weighted by atomic mass is 10.2. The molecule has 2 amide bonds. The van der Waals surface area contributed by atoms with Crippen molar-refractivity contribution in [3.63, 3.8) is 0 Å². The second kappa shape index (κ2) is 8.15. The van der Waals surface area contributed by atoms with E-state index in [1.807, 2.05) is 18.7 Å². The number of unbranched alkanes of at least 4 members (excludes halogenated alkanes) is 1. The van der Waals surface area contributed by atoms with Crippen molar-refractivity contribution in [2.75, 3.05) is 39.3 Å². The van der Waals surface area contributed by atoms with E-state index in [2.05, 4.69) is 17.1 Å². The molecule has 1 aromatic heterocycles. The van der Waals surface area contributed by atoms with E-state index in [1.165, 1.54) is 0 Å². The molecule has 0 unspecified atom stereocenters. The molecule has 0 spiro atoms. The molecule has 1 aliphatic rings. The summed E-state index contributed by atoms with van der Waals surface area (Å²) in [6.45, 7) is 9.66. The lowest BCUT2D eigenvalue weighted by Gasteiger charge is -2.34. The van der Waals surface area contributed by atoms with Gasteiger partial charge in [0.25, 0.3) is 5.91 Å². The Kier molecular flexibility index (Phi) is 6.21. The van der Waals surface area contributed by atoms with Gasteiger partial charge >= 0.3 is 0 Å². The molecule has 0 saturated carbocycles. The largest absolute Gasteiger partial charge is 0.466 e. The fourth-order valence-corrected chi connectivity index (χ4v) is 2.79. The number of carbonyl (C=O) groups excluding carboxylic acids is 2. The van der Waals surface area contributed by atoms with Crippen LogP contribution in [0.2, 0.25) is 0 Å². The quantitative estimate of drug-likeness (QED) is 0.808. The van der Waals surface area contributed by atoms with Gasteiger partial charge in [0.1, 0.15) is 11.5 Å². The van der Waals surface area contributed by atoms with Gasteiger partial charge in [0.2, 0.25) is 5.91 Å². The molecule has 6 heteroatoms. The molecule has 1 N–H and O–H groups in total. The molecule has 23 heavy (non-hydrogen) atoms. The predicted molar refractivity (Wildman–Crippen MR) is 88.4 cm³/mol. The van der Waals surface area contributed by atoms with Gasteiger partial charge in [-0.05, 0) is 26.3 Å². The first kappa shape index (κ1) is 17.5. The molecule has 1 fully saturated rings. The zero-order valence-corrected chi connectivity index (χ0v) is 14.4. The zero-order chi connectivity index (χ0) is 16.8. The normalized spacial score (nSPS) is 15.7. The van der Waals surface area contributed by atoms with Gasteiger partial charge in [0.05, 0.1) is 12.1 Å². The van der Waals surface area contributed by atoms with Crippen molar-refractivity contribution in [1.82, 2.24) is 15.1 Å². The highest BCUT2D eigenvalue weighted by Crippen LogP contribution is 2.17. The van der Waals surface area contributed by atoms with Crippen LogP contribution in [-0.4, -0.2) is 60.9 Å². The van der Waals surface area contributed by atoms with Gasteiger partial charge in [0.15, 0.2) is 0 Å². The summed E-state index contributed by atoms with van der Waals surface area (Å²) in [5, 5.41) is 2.93. The van der Waals surface area contributed by atoms with Crippen LogP contribution in [-0.2, 0) is 4.79 Å². The molecule has 0 bridgehead atoms. The van der Waals surface area contributed by atoms with Crippen LogP contribution < -0.4 is 5.32 Å². The molecule has 2 heterocycles. The van der Waals surface area contributed by atoms with Crippen molar-refractivity contribution in [3.8, 4) is 0 Å². The molecule has 1 saturated heterocycles. The van der Waals surface area contributed by atoms with Gasteiger partial charge in [-0.2, -0.15) is 0 Å². The molecule has 2 rings (SSSR count). The number of nitrogens with one attached hydrogen (secondary N) is 1. The minimum Gasteiger partial charge on any atom is -0.466 e. The Balaban J connectivity index is 1.78. The van der Waals surface area contributed by atoms with Crippen LogP contribution in [0.4, 0.5) is 0 Å². The van der Waals surface area contributed by atoms with Gasteiger partial charge < -0.3 is 14.6 Å². The third-order valence-electron chi connectivity index (χ3n) is 4.15. The van der Waals surface area contributed by atoms with Gasteiger partial charge in [-0.25, -0.2) is 0 Å². The molecule has 0 atom stereocenters. The van der Waals surface area contributed by atoms with Gasteiger partial charge in [-0.3, -0.25) is 14.5 Å². The Morgan fingerprint density at radius 3 is 2.48 bits per heavy atom. The number of carbonyl (C=O) groups is 2. The molecule has 1 aliphatic heterocycles. The fraction of sp³-hybridized carbons (Fsp3) is 0.647. The summed E-state index contributed by atoms with van der Waals surface area (Å²) in [4.78, 5) is 28.3. The SMILES string of the molecule is CCCCNC(=O)CN1CCN(C(=O)c2cc(C)oc2C)CC1. The standard InChI is InChI=1S/C17H27N3O3/c1-4-5-6-18-16(21)12-19-7-9-20(10-8-19)17(22)15-11-13(2)23-14(15)3/h11H,4-10,12H2,1-3H3,(H,18,21). The number of aryl methyl sites for hydroxylation is 2. The molecular formula is C17H27N3O3. The van der Waals surface area contributed by atoms with Crippen LogP contribution in [0, 0.1) is 13.8 Å². The predicted octanol–water partition coefficient (Wildman–Crippen LogP) is 1.57. The Morgan fingerprint density at radius 2 is 1.91 bits per heavy atom. The fourth-order valence-electron chi connectivity index (χ4n) is 2.79. The van der Waals surface area contributed by atoms with Crippen LogP contribution >= 0.6 is 0 Å². The van der Waals surface area contributed by atoms with Gasteiger partial charge in [-0.15, -0.1) is 0 Å². The van der Waals surface area contributed by atoms with E-state index in [4.69, 9.17) is 4.42 Å².